The van der Waals surface area contributed by atoms with E-state index in [0.29, 0.717) is 17.1 Å². The average molecular weight is 290 g/mol. The first-order valence-corrected chi connectivity index (χ1v) is 6.78. The number of anilines is 1. The molecule has 0 spiro atoms. The van der Waals surface area contributed by atoms with Crippen LogP contribution in [0.1, 0.15) is 41.0 Å². The first kappa shape index (κ1) is 13.7. The minimum atomic E-state index is -0.478. The van der Waals surface area contributed by atoms with Crippen LogP contribution in [0.3, 0.4) is 0 Å². The van der Waals surface area contributed by atoms with E-state index in [-0.39, 0.29) is 17.7 Å². The number of halogens is 1. The fourth-order valence-corrected chi connectivity index (χ4v) is 2.27. The molecule has 0 radical (unpaired) electrons. The van der Waals surface area contributed by atoms with Crippen LogP contribution in [0.15, 0.2) is 22.7 Å². The number of aromatic nitrogens is 2. The summed E-state index contributed by atoms with van der Waals surface area (Å²) in [6, 6.07) is 4.36. The monoisotopic (exact) mass is 290 g/mol. The number of hydrogen-bond donors (Lipinski definition) is 2. The van der Waals surface area contributed by atoms with E-state index >= 15 is 0 Å². The van der Waals surface area contributed by atoms with Crippen LogP contribution in [0.2, 0.25) is 0 Å². The van der Waals surface area contributed by atoms with Crippen molar-refractivity contribution in [3.8, 4) is 0 Å². The Labute approximate surface area is 120 Å². The molecule has 7 heteroatoms. The molecule has 1 aliphatic rings. The highest BCUT2D eigenvalue weighted by molar-refractivity contribution is 6.01. The second kappa shape index (κ2) is 5.61. The maximum absolute atomic E-state index is 13.2. The first-order chi connectivity index (χ1) is 10.1. The van der Waals surface area contributed by atoms with Gasteiger partial charge in [-0.15, -0.1) is 0 Å². The van der Waals surface area contributed by atoms with Gasteiger partial charge in [0, 0.05) is 5.69 Å². The van der Waals surface area contributed by atoms with E-state index in [9.17, 15) is 9.18 Å². The van der Waals surface area contributed by atoms with E-state index in [0.717, 1.165) is 19.4 Å². The predicted octanol–water partition coefficient (Wildman–Crippen LogP) is 2.19. The maximum atomic E-state index is 13.2. The van der Waals surface area contributed by atoms with Gasteiger partial charge in [-0.2, -0.15) is 4.98 Å². The molecule has 1 saturated heterocycles. The van der Waals surface area contributed by atoms with E-state index < -0.39 is 5.91 Å². The highest BCUT2D eigenvalue weighted by Gasteiger charge is 2.24. The quantitative estimate of drug-likeness (QED) is 0.905. The highest BCUT2D eigenvalue weighted by atomic mass is 19.1. The topological polar surface area (TPSA) is 80.0 Å². The van der Waals surface area contributed by atoms with Crippen LogP contribution in [-0.4, -0.2) is 22.6 Å². The van der Waals surface area contributed by atoms with E-state index in [4.69, 9.17) is 4.52 Å². The van der Waals surface area contributed by atoms with Crippen LogP contribution in [0.4, 0.5) is 10.1 Å². The Morgan fingerprint density at radius 1 is 1.52 bits per heavy atom. The molecule has 3 rings (SSSR count). The lowest BCUT2D eigenvalue weighted by Crippen LogP contribution is -2.16. The fraction of sp³-hybridized carbons (Fsp3) is 0.357. The number of amides is 1. The molecular weight excluding hydrogens is 275 g/mol. The van der Waals surface area contributed by atoms with E-state index in [1.54, 1.807) is 13.0 Å². The number of carbonyl (C=O) groups excluding carboxylic acids is 1. The number of rotatable bonds is 3. The van der Waals surface area contributed by atoms with Gasteiger partial charge in [-0.05, 0) is 50.1 Å². The molecule has 0 bridgehead atoms. The zero-order valence-corrected chi connectivity index (χ0v) is 11.5. The van der Waals surface area contributed by atoms with Gasteiger partial charge in [0.1, 0.15) is 5.82 Å². The van der Waals surface area contributed by atoms with Crippen molar-refractivity contribution in [3.63, 3.8) is 0 Å². The standard InChI is InChI=1S/C14H15FN4O2/c1-8-7-9(4-5-10(8)15)17-13(20)12-18-14(21-19-12)11-3-2-6-16-11/h4-5,7,11,16H,2-3,6H2,1H3,(H,17,20). The van der Waals surface area contributed by atoms with Crippen LogP contribution in [-0.2, 0) is 0 Å². The second-order valence-corrected chi connectivity index (χ2v) is 5.02. The van der Waals surface area contributed by atoms with Crippen molar-refractivity contribution in [3.05, 3.63) is 41.3 Å². The van der Waals surface area contributed by atoms with Crippen molar-refractivity contribution >= 4 is 11.6 Å². The second-order valence-electron chi connectivity index (χ2n) is 5.02. The molecule has 0 saturated carbocycles. The molecule has 0 aliphatic carbocycles. The largest absolute Gasteiger partial charge is 0.337 e. The Hall–Kier alpha value is -2.28. The lowest BCUT2D eigenvalue weighted by molar-refractivity contribution is 0.101. The Morgan fingerprint density at radius 2 is 2.38 bits per heavy atom. The summed E-state index contributed by atoms with van der Waals surface area (Å²) in [5, 5.41) is 9.52. The lowest BCUT2D eigenvalue weighted by Gasteiger charge is -2.04. The number of benzene rings is 1. The zero-order valence-electron chi connectivity index (χ0n) is 11.5. The van der Waals surface area contributed by atoms with Gasteiger partial charge in [-0.3, -0.25) is 4.79 Å². The molecule has 1 aliphatic heterocycles. The molecule has 21 heavy (non-hydrogen) atoms. The molecule has 1 aromatic heterocycles. The molecule has 110 valence electrons. The summed E-state index contributed by atoms with van der Waals surface area (Å²) in [6.45, 7) is 2.53. The van der Waals surface area contributed by atoms with Gasteiger partial charge in [0.05, 0.1) is 6.04 Å². The summed E-state index contributed by atoms with van der Waals surface area (Å²) >= 11 is 0. The minimum absolute atomic E-state index is 0.0205. The normalized spacial score (nSPS) is 17.9. The van der Waals surface area contributed by atoms with Gasteiger partial charge < -0.3 is 15.2 Å². The van der Waals surface area contributed by atoms with Crippen LogP contribution in [0.5, 0.6) is 0 Å². The predicted molar refractivity (Wildman–Crippen MR) is 73.4 cm³/mol. The number of hydrogen-bond acceptors (Lipinski definition) is 5. The van der Waals surface area contributed by atoms with Gasteiger partial charge in [0.15, 0.2) is 0 Å². The third-order valence-electron chi connectivity index (χ3n) is 3.42. The molecule has 1 unspecified atom stereocenters. The number of nitrogens with one attached hydrogen (secondary N) is 2. The van der Waals surface area contributed by atoms with Crippen molar-refractivity contribution in [1.29, 1.82) is 0 Å². The van der Waals surface area contributed by atoms with Gasteiger partial charge in [-0.1, -0.05) is 5.16 Å². The number of aryl methyl sites for hydroxylation is 1. The molecule has 1 fully saturated rings. The van der Waals surface area contributed by atoms with Gasteiger partial charge in [0.25, 0.3) is 11.7 Å². The Kier molecular flexibility index (Phi) is 3.66. The number of carbonyl (C=O) groups is 1. The SMILES string of the molecule is Cc1cc(NC(=O)c2noc(C3CCCN3)n2)ccc1F. The van der Waals surface area contributed by atoms with Gasteiger partial charge >= 0.3 is 0 Å². The number of nitrogens with zero attached hydrogens (tertiary/aromatic N) is 2. The van der Waals surface area contributed by atoms with Crippen molar-refractivity contribution in [1.82, 2.24) is 15.5 Å². The maximum Gasteiger partial charge on any atom is 0.297 e. The van der Waals surface area contributed by atoms with Crippen LogP contribution >= 0.6 is 0 Å². The fourth-order valence-electron chi connectivity index (χ4n) is 2.27. The third kappa shape index (κ3) is 2.92. The molecule has 1 amide bonds. The summed E-state index contributed by atoms with van der Waals surface area (Å²) in [7, 11) is 0. The Balaban J connectivity index is 1.71. The molecule has 2 N–H and O–H groups in total. The molecule has 2 aromatic rings. The van der Waals surface area contributed by atoms with Crippen molar-refractivity contribution in [2.45, 2.75) is 25.8 Å². The van der Waals surface area contributed by atoms with Crippen LogP contribution < -0.4 is 10.6 Å². The summed E-state index contributed by atoms with van der Waals surface area (Å²) in [5.41, 5.74) is 0.945. The zero-order chi connectivity index (χ0) is 14.8. The molecule has 6 nitrogen and oxygen atoms in total. The van der Waals surface area contributed by atoms with E-state index in [2.05, 4.69) is 20.8 Å². The van der Waals surface area contributed by atoms with Gasteiger partial charge in [0.2, 0.25) is 5.89 Å². The van der Waals surface area contributed by atoms with Crippen molar-refractivity contribution in [2.75, 3.05) is 11.9 Å². The van der Waals surface area contributed by atoms with Crippen molar-refractivity contribution < 1.29 is 13.7 Å². The summed E-state index contributed by atoms with van der Waals surface area (Å²) in [6.07, 6.45) is 1.96. The van der Waals surface area contributed by atoms with E-state index in [1.807, 2.05) is 0 Å². The van der Waals surface area contributed by atoms with Crippen molar-refractivity contribution in [2.24, 2.45) is 0 Å². The minimum Gasteiger partial charge on any atom is -0.337 e. The average Bonchev–Trinajstić information content (AvgIpc) is 3.12. The van der Waals surface area contributed by atoms with Crippen LogP contribution in [0.25, 0.3) is 0 Å². The highest BCUT2D eigenvalue weighted by Crippen LogP contribution is 2.21. The Bertz CT molecular complexity index is 665. The summed E-state index contributed by atoms with van der Waals surface area (Å²) < 4.78 is 18.3. The van der Waals surface area contributed by atoms with E-state index in [1.165, 1.54) is 12.1 Å². The third-order valence-corrected chi connectivity index (χ3v) is 3.42. The molecule has 2 heterocycles. The molecular formula is C14H15FN4O2. The van der Waals surface area contributed by atoms with Gasteiger partial charge in [-0.25, -0.2) is 4.39 Å². The van der Waals surface area contributed by atoms with Crippen LogP contribution in [0, 0.1) is 12.7 Å². The summed E-state index contributed by atoms with van der Waals surface area (Å²) in [4.78, 5) is 16.1. The first-order valence-electron chi connectivity index (χ1n) is 6.78. The molecule has 1 aromatic carbocycles. The smallest absolute Gasteiger partial charge is 0.297 e. The Morgan fingerprint density at radius 3 is 3.10 bits per heavy atom. The summed E-state index contributed by atoms with van der Waals surface area (Å²) in [5.74, 6) is -0.398. The molecule has 1 atom stereocenters. The lowest BCUT2D eigenvalue weighted by atomic mass is 10.2.